The van der Waals surface area contributed by atoms with Crippen molar-refractivity contribution in [2.75, 3.05) is 20.8 Å². The van der Waals surface area contributed by atoms with Crippen LogP contribution in [0.25, 0.3) is 44.5 Å². The van der Waals surface area contributed by atoms with E-state index in [2.05, 4.69) is 30.9 Å². The Morgan fingerprint density at radius 2 is 1.42 bits per heavy atom. The van der Waals surface area contributed by atoms with Gasteiger partial charge in [-0.05, 0) is 76.8 Å². The molecule has 4 aromatic carbocycles. The van der Waals surface area contributed by atoms with Crippen molar-refractivity contribution in [3.63, 3.8) is 0 Å². The number of carbonyl (C=O) groups excluding carboxylic acids is 4. The third kappa shape index (κ3) is 8.27. The molecular weight excluding hydrogens is 823 g/mol. The van der Waals surface area contributed by atoms with Gasteiger partial charge in [0.2, 0.25) is 5.91 Å². The van der Waals surface area contributed by atoms with Crippen LogP contribution < -0.4 is 16.0 Å². The predicted molar refractivity (Wildman–Crippen MR) is 236 cm³/mol. The smallest absolute Gasteiger partial charge is 0.407 e. The number of imidazole rings is 2. The van der Waals surface area contributed by atoms with Gasteiger partial charge < -0.3 is 40.3 Å². The number of amides is 4. The second-order valence-electron chi connectivity index (χ2n) is 16.9. The normalized spacial score (nSPS) is 16.5. The maximum absolute atomic E-state index is 16.6. The number of hydrogen-bond acceptors (Lipinski definition) is 8. The lowest BCUT2D eigenvalue weighted by molar-refractivity contribution is -0.134. The summed E-state index contributed by atoms with van der Waals surface area (Å²) in [5.74, 6) is -3.30. The molecule has 3 unspecified atom stereocenters. The lowest BCUT2D eigenvalue weighted by Crippen LogP contribution is -2.51. The monoisotopic (exact) mass is 872 g/mol. The number of nitrogens with zero attached hydrogens (tertiary/aromatic N) is 3. The average molecular weight is 873 g/mol. The number of aromatic amines is 2. The van der Waals surface area contributed by atoms with Gasteiger partial charge in [-0.1, -0.05) is 88.4 Å². The van der Waals surface area contributed by atoms with E-state index in [1.807, 2.05) is 58.0 Å². The summed E-state index contributed by atoms with van der Waals surface area (Å²) in [6.45, 7) is 7.93. The summed E-state index contributed by atoms with van der Waals surface area (Å²) >= 11 is 0. The zero-order valence-corrected chi connectivity index (χ0v) is 36.3. The number of carbonyl (C=O) groups is 4. The van der Waals surface area contributed by atoms with E-state index in [9.17, 15) is 19.2 Å². The number of hydrogen-bond donors (Lipinski definition) is 5. The molecule has 1 fully saturated rings. The van der Waals surface area contributed by atoms with Crippen LogP contribution in [0.4, 0.5) is 18.4 Å². The Balaban J connectivity index is 1.02. The van der Waals surface area contributed by atoms with E-state index in [4.69, 9.17) is 14.5 Å². The van der Waals surface area contributed by atoms with Crippen molar-refractivity contribution in [2.24, 2.45) is 11.8 Å². The molecule has 4 atom stereocenters. The fraction of sp³-hybridized carbons (Fsp3) is 0.333. The molecule has 8 rings (SSSR count). The molecule has 16 heteroatoms. The molecule has 1 saturated heterocycles. The fourth-order valence-corrected chi connectivity index (χ4v) is 8.68. The van der Waals surface area contributed by atoms with Gasteiger partial charge in [0.15, 0.2) is 0 Å². The molecule has 1 aliphatic carbocycles. The Bertz CT molecular complexity index is 2730. The molecule has 1 aliphatic heterocycles. The molecule has 2 aromatic heterocycles. The first-order valence-electron chi connectivity index (χ1n) is 21.3. The van der Waals surface area contributed by atoms with Gasteiger partial charge in [-0.3, -0.25) is 9.59 Å². The molecular formula is C48H50F2N8O6. The standard InChI is InChI=1S/C48H50F2N8O6/c1-25(2)39(55-44(59)40(26(3)4)56-46(61)63-5)43-51-24-37(54-43)30-15-18-32-31-17-14-28(21-33(31)48(49,50)34(32)22-30)29-16-19-35-36(23-29)53-42(52-35)38-13-10-20-58(38)45(60)41(57-47(62)64-6)27-11-8-7-9-12-27/h7-9,11-12,14-19,21-26,38-41H,10,13,20H2,1-6H3,(H,51,54)(H,52,53)(H,55,59)(H,56,61)(H,57,62)/t38-,39?,40?,41?/m0/s1. The number of nitrogens with one attached hydrogen (secondary N) is 5. The third-order valence-corrected chi connectivity index (χ3v) is 12.1. The molecule has 0 bridgehead atoms. The van der Waals surface area contributed by atoms with Gasteiger partial charge in [0.1, 0.15) is 23.7 Å². The average Bonchev–Trinajstić information content (AvgIpc) is 4.11. The topological polar surface area (TPSA) is 183 Å². The van der Waals surface area contributed by atoms with Crippen LogP contribution in [-0.2, 0) is 25.0 Å². The van der Waals surface area contributed by atoms with Gasteiger partial charge in [-0.2, -0.15) is 8.78 Å². The highest BCUT2D eigenvalue weighted by atomic mass is 19.3. The number of ether oxygens (including phenoxy) is 2. The van der Waals surface area contributed by atoms with Crippen molar-refractivity contribution in [2.45, 2.75) is 70.6 Å². The molecule has 0 radical (unpaired) electrons. The van der Waals surface area contributed by atoms with Crippen molar-refractivity contribution in [3.8, 4) is 33.5 Å². The number of methoxy groups -OCH3 is 2. The highest BCUT2D eigenvalue weighted by Crippen LogP contribution is 2.53. The van der Waals surface area contributed by atoms with Crippen molar-refractivity contribution >= 4 is 35.0 Å². The van der Waals surface area contributed by atoms with E-state index < -0.39 is 42.1 Å². The molecule has 2 aliphatic rings. The third-order valence-electron chi connectivity index (χ3n) is 12.1. The van der Waals surface area contributed by atoms with Crippen LogP contribution in [-0.4, -0.2) is 75.6 Å². The van der Waals surface area contributed by atoms with Crippen LogP contribution in [0.1, 0.15) is 87.0 Å². The Kier molecular flexibility index (Phi) is 12.0. The quantitative estimate of drug-likeness (QED) is 0.0809. The number of benzene rings is 4. The predicted octanol–water partition coefficient (Wildman–Crippen LogP) is 8.70. The van der Waals surface area contributed by atoms with Crippen molar-refractivity contribution in [1.29, 1.82) is 0 Å². The van der Waals surface area contributed by atoms with Gasteiger partial charge in [0, 0.05) is 23.2 Å². The van der Waals surface area contributed by atoms with Crippen LogP contribution in [0.3, 0.4) is 0 Å². The second-order valence-corrected chi connectivity index (χ2v) is 16.9. The van der Waals surface area contributed by atoms with Gasteiger partial charge >= 0.3 is 12.2 Å². The van der Waals surface area contributed by atoms with Crippen molar-refractivity contribution < 1.29 is 37.4 Å². The van der Waals surface area contributed by atoms with E-state index >= 15 is 8.78 Å². The summed E-state index contributed by atoms with van der Waals surface area (Å²) < 4.78 is 42.6. The number of fused-ring (bicyclic) bond motifs is 4. The van der Waals surface area contributed by atoms with Crippen LogP contribution >= 0.6 is 0 Å². The van der Waals surface area contributed by atoms with Gasteiger partial charge in [-0.25, -0.2) is 19.6 Å². The highest BCUT2D eigenvalue weighted by Gasteiger charge is 2.45. The molecule has 5 N–H and O–H groups in total. The summed E-state index contributed by atoms with van der Waals surface area (Å²) in [7, 11) is 2.48. The minimum Gasteiger partial charge on any atom is -0.453 e. The molecule has 64 heavy (non-hydrogen) atoms. The fourth-order valence-electron chi connectivity index (χ4n) is 8.68. The molecule has 6 aromatic rings. The second kappa shape index (κ2) is 17.6. The Morgan fingerprint density at radius 3 is 2.09 bits per heavy atom. The highest BCUT2D eigenvalue weighted by molar-refractivity contribution is 5.89. The van der Waals surface area contributed by atoms with E-state index in [-0.39, 0.29) is 34.9 Å². The van der Waals surface area contributed by atoms with Crippen LogP contribution in [0.5, 0.6) is 0 Å². The first kappa shape index (κ1) is 43.5. The lowest BCUT2D eigenvalue weighted by Gasteiger charge is -2.28. The minimum absolute atomic E-state index is 0.107. The number of alkyl halides is 2. The maximum atomic E-state index is 16.6. The molecule has 4 amide bonds. The van der Waals surface area contributed by atoms with Gasteiger partial charge in [-0.15, -0.1) is 0 Å². The Labute approximate surface area is 368 Å². The molecule has 0 saturated carbocycles. The van der Waals surface area contributed by atoms with E-state index in [0.29, 0.717) is 74.7 Å². The minimum atomic E-state index is -3.31. The first-order chi connectivity index (χ1) is 30.7. The maximum Gasteiger partial charge on any atom is 0.407 e. The summed E-state index contributed by atoms with van der Waals surface area (Å²) in [5.41, 5.74) is 4.93. The van der Waals surface area contributed by atoms with Crippen molar-refractivity contribution in [3.05, 3.63) is 119 Å². The SMILES string of the molecule is COC(=O)NC(C(=O)N1CCC[C@H]1c1nc2ccc(-c3ccc4c(c3)C(F)(F)c3cc(-c5cnc(C(NC(=O)C(NC(=O)OC)C(C)C)C(C)C)[nH]5)ccc3-4)cc2[nH]1)c1ccccc1. The number of likely N-dealkylation sites (tertiary alicyclic amines) is 1. The van der Waals surface area contributed by atoms with Gasteiger partial charge in [0.25, 0.3) is 11.8 Å². The zero-order valence-electron chi connectivity index (χ0n) is 36.3. The Morgan fingerprint density at radius 1 is 0.781 bits per heavy atom. The number of rotatable bonds is 12. The molecule has 14 nitrogen and oxygen atoms in total. The van der Waals surface area contributed by atoms with E-state index in [1.165, 1.54) is 26.4 Å². The summed E-state index contributed by atoms with van der Waals surface area (Å²) in [6.07, 6.45) is 1.53. The molecule has 3 heterocycles. The van der Waals surface area contributed by atoms with Gasteiger partial charge in [0.05, 0.1) is 49.2 Å². The van der Waals surface area contributed by atoms with Crippen LogP contribution in [0, 0.1) is 11.8 Å². The Hall–Kier alpha value is -7.10. The summed E-state index contributed by atoms with van der Waals surface area (Å²) in [5, 5.41) is 8.24. The summed E-state index contributed by atoms with van der Waals surface area (Å²) in [4.78, 5) is 69.3. The number of aromatic nitrogens is 4. The molecule has 332 valence electrons. The number of alkyl carbamates (subject to hydrolysis) is 2. The zero-order chi connectivity index (χ0) is 45.4. The number of H-pyrrole nitrogens is 2. The summed E-state index contributed by atoms with van der Waals surface area (Å²) in [6, 6.07) is 21.8. The number of halogens is 2. The van der Waals surface area contributed by atoms with E-state index in [0.717, 1.165) is 6.42 Å². The largest absolute Gasteiger partial charge is 0.453 e. The van der Waals surface area contributed by atoms with Crippen LogP contribution in [0.2, 0.25) is 0 Å². The first-order valence-corrected chi connectivity index (χ1v) is 21.3. The lowest BCUT2D eigenvalue weighted by atomic mass is 9.98. The van der Waals surface area contributed by atoms with Crippen LogP contribution in [0.15, 0.2) is 91.1 Å². The van der Waals surface area contributed by atoms with Crippen molar-refractivity contribution in [1.82, 2.24) is 40.8 Å². The van der Waals surface area contributed by atoms with E-state index in [1.54, 1.807) is 53.6 Å². The molecule has 0 spiro atoms.